The number of nitrogens with one attached hydrogen (secondary N) is 8. The molecular formula is C72H75N11O16. The molecule has 1 spiro atoms. The molecule has 8 amide bonds. The van der Waals surface area contributed by atoms with Crippen LogP contribution in [0.5, 0.6) is 5.75 Å². The number of alkyl carbamates (subject to hydrolysis) is 1. The van der Waals surface area contributed by atoms with Crippen LogP contribution in [-0.2, 0) is 71.3 Å². The molecule has 10 rings (SSSR count). The van der Waals surface area contributed by atoms with Gasteiger partial charge in [-0.25, -0.2) is 9.59 Å². The summed E-state index contributed by atoms with van der Waals surface area (Å²) in [6.45, 7) is 4.56. The van der Waals surface area contributed by atoms with Gasteiger partial charge in [-0.3, -0.25) is 58.0 Å². The molecule has 6 aromatic rings. The molecule has 0 saturated carbocycles. The van der Waals surface area contributed by atoms with Gasteiger partial charge < -0.3 is 67.0 Å². The fourth-order valence-electron chi connectivity index (χ4n) is 12.7. The first-order chi connectivity index (χ1) is 47.6. The molecule has 99 heavy (non-hydrogen) atoms. The van der Waals surface area contributed by atoms with Gasteiger partial charge >= 0.3 is 24.0 Å². The Kier molecular flexibility index (Phi) is 22.7. The molecule has 10 N–H and O–H groups in total. The molecule has 0 bridgehead atoms. The van der Waals surface area contributed by atoms with Crippen LogP contribution in [0, 0.1) is 11.8 Å². The van der Waals surface area contributed by atoms with Crippen molar-refractivity contribution in [2.75, 3.05) is 31.6 Å². The minimum Gasteiger partial charge on any atom is -0.481 e. The highest BCUT2D eigenvalue weighted by Crippen LogP contribution is 2.57. The fourth-order valence-corrected chi connectivity index (χ4v) is 12.7. The zero-order valence-corrected chi connectivity index (χ0v) is 54.4. The van der Waals surface area contributed by atoms with Gasteiger partial charge in [0.1, 0.15) is 42.3 Å². The Morgan fingerprint density at radius 2 is 1.24 bits per heavy atom. The second-order valence-electron chi connectivity index (χ2n) is 24.6. The molecule has 2 aliphatic heterocycles. The van der Waals surface area contributed by atoms with E-state index in [2.05, 4.69) is 57.4 Å². The zero-order chi connectivity index (χ0) is 70.3. The molecule has 0 fully saturated rings. The highest BCUT2D eigenvalue weighted by atomic mass is 16.6. The van der Waals surface area contributed by atoms with Crippen molar-refractivity contribution in [3.63, 3.8) is 0 Å². The largest absolute Gasteiger partial charge is 0.481 e. The van der Waals surface area contributed by atoms with Crippen LogP contribution in [0.1, 0.15) is 109 Å². The second-order valence-corrected chi connectivity index (χ2v) is 24.6. The fraction of sp³-hybridized carbons (Fsp3) is 0.319. The Hall–Kier alpha value is -11.6. The van der Waals surface area contributed by atoms with E-state index in [1.54, 1.807) is 68.7 Å². The highest BCUT2D eigenvalue weighted by molar-refractivity contribution is 5.99. The summed E-state index contributed by atoms with van der Waals surface area (Å²) in [6, 6.07) is 32.8. The molecule has 4 heterocycles. The van der Waals surface area contributed by atoms with E-state index >= 15 is 0 Å². The Balaban J connectivity index is 0.824. The van der Waals surface area contributed by atoms with E-state index in [1.807, 2.05) is 84.9 Å². The SMILES string of the molecule is CC(=O)N[C@@H](CC(=O)O)C(=O)NCC(=O)N[C@H](C(=O)NCC(=O)Nc1ccc2c(c1)OC1=CC(NC(=O)[C@H](CC(=O)O)NC(=O)[C@H](CCCCN(Cc3ccccn3)Cc3ccccn3)NC(=O)OCC3c4ccccc4-c4ccccc43)=CCC1C21OC(=O)c2ccccc21)C(C)C. The van der Waals surface area contributed by atoms with Crippen molar-refractivity contribution in [2.24, 2.45) is 11.8 Å². The zero-order valence-electron chi connectivity index (χ0n) is 54.4. The second kappa shape index (κ2) is 32.0. The standard InChI is InChI=1S/C72H75N11O16/c1-41(2)65(82-62(86)37-75-66(91)57(34-63(87)88)77-42(3)84)69(94)76-36-61(85)78-43-25-27-54-59(32-43)98-60-33-44(26-28-55(60)72(54)53-23-9-8-22-51(53)70(95)99-72)79-68(93)58(35-64(89)90)80-67(92)56(24-12-15-31-83(38-45-16-10-13-29-73-45)39-46-17-11-14-30-74-46)81-71(96)97-40-52-49-20-6-4-18-47(49)48-19-5-7-21-50(48)52/h4-11,13-14,16-23,25-27,29-30,32-33,41,52,55-58,65H,12,15,24,28,31,34-40H2,1-3H3,(H,75,91)(H,76,94)(H,77,84)(H,78,85)(H,79,93)(H,80,92)(H,81,96)(H,82,86)(H,87,88)(H,89,90)/t55?,56-,57-,58-,65-,72?/m0/s1. The number of anilines is 1. The molecule has 4 aliphatic rings. The smallest absolute Gasteiger partial charge is 0.407 e. The predicted molar refractivity (Wildman–Crippen MR) is 356 cm³/mol. The number of hydrogen-bond acceptors (Lipinski definition) is 17. The van der Waals surface area contributed by atoms with Gasteiger partial charge in [-0.2, -0.15) is 0 Å². The molecule has 27 heteroatoms. The van der Waals surface area contributed by atoms with E-state index in [0.717, 1.165) is 40.6 Å². The average Bonchev–Trinajstić information content (AvgIpc) is 1.32. The maximum Gasteiger partial charge on any atom is 0.407 e. The Morgan fingerprint density at radius 1 is 0.636 bits per heavy atom. The van der Waals surface area contributed by atoms with Gasteiger partial charge in [-0.1, -0.05) is 98.8 Å². The first-order valence-electron chi connectivity index (χ1n) is 32.3. The van der Waals surface area contributed by atoms with Crippen LogP contribution in [-0.4, -0.2) is 141 Å². The van der Waals surface area contributed by atoms with Crippen molar-refractivity contribution in [1.29, 1.82) is 0 Å². The number of aliphatic carboxylic acids is 2. The van der Waals surface area contributed by atoms with E-state index in [9.17, 15) is 57.8 Å². The third-order valence-corrected chi connectivity index (χ3v) is 17.3. The number of carbonyl (C=O) groups is 11. The molecule has 27 nitrogen and oxygen atoms in total. The number of hydrogen-bond donors (Lipinski definition) is 10. The predicted octanol–water partition coefficient (Wildman–Crippen LogP) is 5.22. The maximum absolute atomic E-state index is 14.6. The summed E-state index contributed by atoms with van der Waals surface area (Å²) in [5, 5.41) is 39.6. The van der Waals surface area contributed by atoms with Gasteiger partial charge in [-0.05, 0) is 103 Å². The number of amides is 8. The third kappa shape index (κ3) is 17.3. The van der Waals surface area contributed by atoms with Gasteiger partial charge in [0.2, 0.25) is 41.4 Å². The monoisotopic (exact) mass is 1350 g/mol. The van der Waals surface area contributed by atoms with Crippen LogP contribution in [0.25, 0.3) is 11.1 Å². The third-order valence-electron chi connectivity index (χ3n) is 17.3. The van der Waals surface area contributed by atoms with Crippen LogP contribution in [0.15, 0.2) is 163 Å². The lowest BCUT2D eigenvalue weighted by Crippen LogP contribution is -2.54. The number of fused-ring (bicyclic) bond motifs is 9. The Labute approximate surface area is 568 Å². The first-order valence-corrected chi connectivity index (χ1v) is 32.3. The molecule has 2 aromatic heterocycles. The highest BCUT2D eigenvalue weighted by Gasteiger charge is 2.58. The van der Waals surface area contributed by atoms with Crippen molar-refractivity contribution in [3.8, 4) is 16.9 Å². The van der Waals surface area contributed by atoms with Crippen LogP contribution in [0.2, 0.25) is 0 Å². The lowest BCUT2D eigenvalue weighted by atomic mass is 9.70. The minimum atomic E-state index is -1.69. The normalized spacial score (nSPS) is 16.5. The van der Waals surface area contributed by atoms with Gasteiger partial charge in [0.05, 0.1) is 48.8 Å². The summed E-state index contributed by atoms with van der Waals surface area (Å²) < 4.78 is 18.8. The molecule has 0 saturated heterocycles. The number of pyridine rings is 2. The minimum absolute atomic E-state index is 0.0595. The average molecular weight is 1350 g/mol. The molecule has 2 unspecified atom stereocenters. The van der Waals surface area contributed by atoms with E-state index in [1.165, 1.54) is 12.1 Å². The number of carbonyl (C=O) groups excluding carboxylic acids is 9. The Morgan fingerprint density at radius 3 is 1.87 bits per heavy atom. The van der Waals surface area contributed by atoms with Gasteiger partial charge in [-0.15, -0.1) is 0 Å². The lowest BCUT2D eigenvalue weighted by Gasteiger charge is -2.43. The maximum atomic E-state index is 14.6. The van der Waals surface area contributed by atoms with Crippen LogP contribution < -0.4 is 47.3 Å². The summed E-state index contributed by atoms with van der Waals surface area (Å²) in [5.74, 6) is -10.3. The van der Waals surface area contributed by atoms with E-state index < -0.39 is 133 Å². The number of carboxylic acid groups (broad SMARTS) is 2. The number of ether oxygens (including phenoxy) is 3. The summed E-state index contributed by atoms with van der Waals surface area (Å²) >= 11 is 0. The molecular weight excluding hydrogens is 1270 g/mol. The quantitative estimate of drug-likeness (QED) is 0.0204. The number of allylic oxidation sites excluding steroid dienone is 2. The van der Waals surface area contributed by atoms with E-state index in [4.69, 9.17) is 19.3 Å². The molecule has 2 aliphatic carbocycles. The molecule has 4 aromatic carbocycles. The number of carboxylic acids is 2. The summed E-state index contributed by atoms with van der Waals surface area (Å²) in [6.07, 6.45) is 5.12. The van der Waals surface area contributed by atoms with Crippen molar-refractivity contribution >= 4 is 71.0 Å². The van der Waals surface area contributed by atoms with Crippen LogP contribution in [0.4, 0.5) is 10.5 Å². The van der Waals surface area contributed by atoms with Gasteiger partial charge in [0.15, 0.2) is 5.60 Å². The number of nitrogens with zero attached hydrogens (tertiary/aromatic N) is 3. The van der Waals surface area contributed by atoms with Crippen molar-refractivity contribution in [2.45, 2.75) is 108 Å². The van der Waals surface area contributed by atoms with Crippen molar-refractivity contribution in [1.82, 2.24) is 52.1 Å². The number of unbranched alkanes of at least 4 members (excludes halogenated alkanes) is 1. The molecule has 0 radical (unpaired) electrons. The summed E-state index contributed by atoms with van der Waals surface area (Å²) in [7, 11) is 0. The van der Waals surface area contributed by atoms with Crippen molar-refractivity contribution in [3.05, 3.63) is 203 Å². The van der Waals surface area contributed by atoms with Gasteiger partial charge in [0, 0.05) is 73.0 Å². The molecule has 514 valence electrons. The molecule has 6 atom stereocenters. The topological polar surface area (TPSA) is 381 Å². The van der Waals surface area contributed by atoms with Crippen molar-refractivity contribution < 1.29 is 77.2 Å². The number of benzene rings is 4. The number of rotatable bonds is 30. The van der Waals surface area contributed by atoms with E-state index in [0.29, 0.717) is 43.6 Å². The summed E-state index contributed by atoms with van der Waals surface area (Å²) in [5.41, 5.74) is 5.66. The lowest BCUT2D eigenvalue weighted by molar-refractivity contribution is -0.141. The number of esters is 1. The van der Waals surface area contributed by atoms with E-state index in [-0.39, 0.29) is 53.8 Å². The summed E-state index contributed by atoms with van der Waals surface area (Å²) in [4.78, 5) is 156. The van der Waals surface area contributed by atoms with Crippen LogP contribution >= 0.6 is 0 Å². The van der Waals surface area contributed by atoms with Gasteiger partial charge in [0.25, 0.3) is 0 Å². The number of aromatic nitrogens is 2. The van der Waals surface area contributed by atoms with Crippen LogP contribution in [0.3, 0.4) is 0 Å². The first kappa shape index (κ1) is 70.2. The Bertz CT molecular complexity index is 4040.